The Balaban J connectivity index is 3.24. The molecule has 12 heavy (non-hydrogen) atoms. The van der Waals surface area contributed by atoms with Gasteiger partial charge < -0.3 is 9.84 Å². The first-order valence-corrected chi connectivity index (χ1v) is 4.61. The molecular formula is C9H21NO2. The maximum Gasteiger partial charge on any atom is 0.0593 e. The highest BCUT2D eigenvalue weighted by molar-refractivity contribution is 4.60. The maximum absolute atomic E-state index is 8.83. The second-order valence-electron chi connectivity index (χ2n) is 3.12. The largest absolute Gasteiger partial charge is 0.395 e. The van der Waals surface area contributed by atoms with Crippen molar-refractivity contribution in [2.75, 3.05) is 33.4 Å². The van der Waals surface area contributed by atoms with Gasteiger partial charge in [-0.1, -0.05) is 6.92 Å². The van der Waals surface area contributed by atoms with Crippen molar-refractivity contribution in [3.63, 3.8) is 0 Å². The number of hydrogen-bond donors (Lipinski definition) is 1. The van der Waals surface area contributed by atoms with Crippen molar-refractivity contribution in [2.24, 2.45) is 0 Å². The minimum atomic E-state index is 0.213. The van der Waals surface area contributed by atoms with Crippen LogP contribution in [0, 0.1) is 0 Å². The van der Waals surface area contributed by atoms with Crippen LogP contribution in [0.3, 0.4) is 0 Å². The Morgan fingerprint density at radius 2 is 2.08 bits per heavy atom. The molecule has 0 aliphatic rings. The summed E-state index contributed by atoms with van der Waals surface area (Å²) in [6.45, 7) is 6.79. The van der Waals surface area contributed by atoms with Gasteiger partial charge in [0.15, 0.2) is 0 Å². The van der Waals surface area contributed by atoms with Gasteiger partial charge in [-0.3, -0.25) is 4.90 Å². The molecule has 0 fully saturated rings. The van der Waals surface area contributed by atoms with Gasteiger partial charge in [-0.15, -0.1) is 0 Å². The molecule has 1 atom stereocenters. The Morgan fingerprint density at radius 3 is 2.58 bits per heavy atom. The average molecular weight is 175 g/mol. The molecule has 0 rings (SSSR count). The van der Waals surface area contributed by atoms with Crippen molar-refractivity contribution in [2.45, 2.75) is 26.3 Å². The van der Waals surface area contributed by atoms with Gasteiger partial charge in [-0.05, 0) is 20.4 Å². The van der Waals surface area contributed by atoms with Crippen LogP contribution in [-0.4, -0.2) is 49.5 Å². The van der Waals surface area contributed by atoms with Crippen molar-refractivity contribution >= 4 is 0 Å². The highest BCUT2D eigenvalue weighted by atomic mass is 16.5. The lowest BCUT2D eigenvalue weighted by Gasteiger charge is -2.22. The first-order valence-electron chi connectivity index (χ1n) is 4.61. The highest BCUT2D eigenvalue weighted by Crippen LogP contribution is 1.93. The van der Waals surface area contributed by atoms with Gasteiger partial charge in [0.05, 0.1) is 13.2 Å². The summed E-state index contributed by atoms with van der Waals surface area (Å²) in [5, 5.41) is 8.83. The van der Waals surface area contributed by atoms with E-state index in [9.17, 15) is 0 Å². The predicted molar refractivity (Wildman–Crippen MR) is 50.3 cm³/mol. The monoisotopic (exact) mass is 175 g/mol. The quantitative estimate of drug-likeness (QED) is 0.579. The molecule has 0 aliphatic heterocycles. The molecule has 0 saturated heterocycles. The number of hydrogen-bond acceptors (Lipinski definition) is 3. The van der Waals surface area contributed by atoms with E-state index in [2.05, 4.69) is 11.8 Å². The third-order valence-electron chi connectivity index (χ3n) is 1.95. The Hall–Kier alpha value is -0.120. The summed E-state index contributed by atoms with van der Waals surface area (Å²) < 4.78 is 5.32. The van der Waals surface area contributed by atoms with Crippen LogP contribution in [0.4, 0.5) is 0 Å². The van der Waals surface area contributed by atoms with Gasteiger partial charge in [0.1, 0.15) is 0 Å². The smallest absolute Gasteiger partial charge is 0.0593 e. The van der Waals surface area contributed by atoms with Crippen LogP contribution in [0.1, 0.15) is 20.3 Å². The second-order valence-corrected chi connectivity index (χ2v) is 3.12. The fraction of sp³-hybridized carbons (Fsp3) is 1.00. The Bertz CT molecular complexity index is 98.5. The van der Waals surface area contributed by atoms with Crippen LogP contribution in [0.5, 0.6) is 0 Å². The summed E-state index contributed by atoms with van der Waals surface area (Å²) in [5.41, 5.74) is 0. The fourth-order valence-electron chi connectivity index (χ4n) is 0.815. The van der Waals surface area contributed by atoms with Crippen molar-refractivity contribution in [3.8, 4) is 0 Å². The molecule has 0 radical (unpaired) electrons. The minimum absolute atomic E-state index is 0.213. The molecule has 0 heterocycles. The van der Waals surface area contributed by atoms with Gasteiger partial charge in [0.25, 0.3) is 0 Å². The zero-order chi connectivity index (χ0) is 9.40. The number of rotatable bonds is 7. The molecular weight excluding hydrogens is 154 g/mol. The Labute approximate surface area is 75.3 Å². The van der Waals surface area contributed by atoms with E-state index in [1.54, 1.807) is 0 Å². The lowest BCUT2D eigenvalue weighted by atomic mass is 10.3. The van der Waals surface area contributed by atoms with Crippen LogP contribution in [-0.2, 0) is 4.74 Å². The molecule has 0 spiro atoms. The van der Waals surface area contributed by atoms with E-state index in [0.29, 0.717) is 0 Å². The summed E-state index contributed by atoms with van der Waals surface area (Å²) >= 11 is 0. The summed E-state index contributed by atoms with van der Waals surface area (Å²) in [7, 11) is 2.00. The molecule has 0 aliphatic carbocycles. The van der Waals surface area contributed by atoms with Crippen molar-refractivity contribution in [3.05, 3.63) is 0 Å². The molecule has 0 amide bonds. The summed E-state index contributed by atoms with van der Waals surface area (Å²) in [6, 6.07) is 0.232. The Kier molecular flexibility index (Phi) is 7.45. The van der Waals surface area contributed by atoms with E-state index in [1.807, 2.05) is 14.0 Å². The third-order valence-corrected chi connectivity index (χ3v) is 1.95. The maximum atomic E-state index is 8.83. The first kappa shape index (κ1) is 11.9. The van der Waals surface area contributed by atoms with Gasteiger partial charge in [-0.25, -0.2) is 0 Å². The highest BCUT2D eigenvalue weighted by Gasteiger charge is 2.05. The van der Waals surface area contributed by atoms with Crippen molar-refractivity contribution < 1.29 is 9.84 Å². The lowest BCUT2D eigenvalue weighted by Crippen LogP contribution is -2.34. The minimum Gasteiger partial charge on any atom is -0.395 e. The van der Waals surface area contributed by atoms with Crippen molar-refractivity contribution in [1.29, 1.82) is 0 Å². The molecule has 1 N–H and O–H groups in total. The zero-order valence-electron chi connectivity index (χ0n) is 8.42. The van der Waals surface area contributed by atoms with Crippen LogP contribution in [0.15, 0.2) is 0 Å². The number of nitrogens with zero attached hydrogens (tertiary/aromatic N) is 1. The van der Waals surface area contributed by atoms with Crippen LogP contribution in [0.25, 0.3) is 0 Å². The molecule has 3 nitrogen and oxygen atoms in total. The van der Waals surface area contributed by atoms with E-state index >= 15 is 0 Å². The van der Waals surface area contributed by atoms with Gasteiger partial charge in [0.2, 0.25) is 0 Å². The molecule has 0 aromatic rings. The third kappa shape index (κ3) is 5.52. The molecule has 0 aromatic heterocycles. The SMILES string of the molecule is CCCOCCN(C)C(C)CO. The average Bonchev–Trinajstić information content (AvgIpc) is 2.10. The standard InChI is InChI=1S/C9H21NO2/c1-4-6-12-7-5-10(3)9(2)8-11/h9,11H,4-8H2,1-3H3. The number of aliphatic hydroxyl groups is 1. The summed E-state index contributed by atoms with van der Waals surface area (Å²) in [5.74, 6) is 0. The fourth-order valence-corrected chi connectivity index (χ4v) is 0.815. The number of ether oxygens (including phenoxy) is 1. The summed E-state index contributed by atoms with van der Waals surface area (Å²) in [4.78, 5) is 2.09. The second kappa shape index (κ2) is 7.53. The zero-order valence-corrected chi connectivity index (χ0v) is 8.42. The van der Waals surface area contributed by atoms with E-state index in [1.165, 1.54) is 0 Å². The van der Waals surface area contributed by atoms with Crippen LogP contribution in [0.2, 0.25) is 0 Å². The number of aliphatic hydroxyl groups excluding tert-OH is 1. The van der Waals surface area contributed by atoms with E-state index in [0.717, 1.165) is 26.2 Å². The topological polar surface area (TPSA) is 32.7 Å². The lowest BCUT2D eigenvalue weighted by molar-refractivity contribution is 0.0865. The van der Waals surface area contributed by atoms with E-state index in [4.69, 9.17) is 9.84 Å². The molecule has 3 heteroatoms. The number of likely N-dealkylation sites (N-methyl/N-ethyl adjacent to an activating group) is 1. The molecule has 0 aromatic carbocycles. The predicted octanol–water partition coefficient (Wildman–Crippen LogP) is 0.726. The summed E-state index contributed by atoms with van der Waals surface area (Å²) in [6.07, 6.45) is 1.07. The Morgan fingerprint density at radius 1 is 1.42 bits per heavy atom. The van der Waals surface area contributed by atoms with Crippen LogP contribution < -0.4 is 0 Å². The van der Waals surface area contributed by atoms with Crippen molar-refractivity contribution in [1.82, 2.24) is 4.90 Å². The van der Waals surface area contributed by atoms with Gasteiger partial charge in [0, 0.05) is 19.2 Å². The van der Waals surface area contributed by atoms with E-state index < -0.39 is 0 Å². The first-order chi connectivity index (χ1) is 5.72. The van der Waals surface area contributed by atoms with Gasteiger partial charge in [-0.2, -0.15) is 0 Å². The van der Waals surface area contributed by atoms with Crippen LogP contribution >= 0.6 is 0 Å². The molecule has 74 valence electrons. The molecule has 0 saturated carbocycles. The normalized spacial score (nSPS) is 13.8. The van der Waals surface area contributed by atoms with E-state index in [-0.39, 0.29) is 12.6 Å². The van der Waals surface area contributed by atoms with Gasteiger partial charge >= 0.3 is 0 Å². The molecule has 0 bridgehead atoms. The molecule has 1 unspecified atom stereocenters.